The third kappa shape index (κ3) is 4.09. The Hall–Kier alpha value is -2.17. The number of amides is 1. The number of thiazole rings is 1. The van der Waals surface area contributed by atoms with Crippen LogP contribution in [0.25, 0.3) is 0 Å². The van der Waals surface area contributed by atoms with E-state index < -0.39 is 15.9 Å². The molecule has 0 atom stereocenters. The van der Waals surface area contributed by atoms with Crippen LogP contribution in [0.4, 0.5) is 5.69 Å². The van der Waals surface area contributed by atoms with Crippen molar-refractivity contribution in [3.8, 4) is 5.75 Å². The summed E-state index contributed by atoms with van der Waals surface area (Å²) in [6.45, 7) is 1.57. The van der Waals surface area contributed by atoms with Crippen molar-refractivity contribution in [1.82, 2.24) is 8.87 Å². The zero-order valence-corrected chi connectivity index (χ0v) is 15.9. The molecule has 0 bridgehead atoms. The smallest absolute Gasteiger partial charge is 0.307 e. The molecule has 0 radical (unpaired) electrons. The van der Waals surface area contributed by atoms with Crippen molar-refractivity contribution in [1.29, 1.82) is 0 Å². The van der Waals surface area contributed by atoms with Crippen LogP contribution in [0.2, 0.25) is 0 Å². The second kappa shape index (κ2) is 7.38. The fourth-order valence-corrected chi connectivity index (χ4v) is 3.75. The van der Waals surface area contributed by atoms with E-state index in [1.165, 1.54) is 44.0 Å². The van der Waals surface area contributed by atoms with Gasteiger partial charge in [0.05, 0.1) is 17.7 Å². The second-order valence-corrected chi connectivity index (χ2v) is 8.40. The summed E-state index contributed by atoms with van der Waals surface area (Å²) >= 11 is 1.01. The van der Waals surface area contributed by atoms with E-state index in [0.29, 0.717) is 11.4 Å². The number of carbonyl (C=O) groups is 1. The quantitative estimate of drug-likeness (QED) is 0.803. The molecule has 2 aromatic rings. The van der Waals surface area contributed by atoms with Gasteiger partial charge < -0.3 is 10.1 Å². The molecule has 136 valence electrons. The minimum Gasteiger partial charge on any atom is -0.495 e. The predicted octanol–water partition coefficient (Wildman–Crippen LogP) is 1.12. The van der Waals surface area contributed by atoms with Gasteiger partial charge in [0.2, 0.25) is 15.9 Å². The molecule has 0 saturated carbocycles. The molecular weight excluding hydrogens is 366 g/mol. The molecule has 0 unspecified atom stereocenters. The largest absolute Gasteiger partial charge is 0.495 e. The van der Waals surface area contributed by atoms with Crippen LogP contribution in [-0.2, 0) is 21.4 Å². The van der Waals surface area contributed by atoms with Gasteiger partial charge in [0.15, 0.2) is 0 Å². The van der Waals surface area contributed by atoms with E-state index in [0.717, 1.165) is 15.6 Å². The summed E-state index contributed by atoms with van der Waals surface area (Å²) in [5, 5.41) is 4.27. The van der Waals surface area contributed by atoms with Crippen molar-refractivity contribution >= 4 is 33.0 Å². The molecule has 1 heterocycles. The van der Waals surface area contributed by atoms with E-state index >= 15 is 0 Å². The SMILES string of the molecule is COc1ccc(S(=O)(=O)N(C)C)cc1NC(=O)Cn1c(C)csc1=O. The Labute approximate surface area is 149 Å². The lowest BCUT2D eigenvalue weighted by Gasteiger charge is -2.15. The van der Waals surface area contributed by atoms with E-state index in [4.69, 9.17) is 4.74 Å². The van der Waals surface area contributed by atoms with Crippen LogP contribution >= 0.6 is 11.3 Å². The summed E-state index contributed by atoms with van der Waals surface area (Å²) in [7, 11) is 0.605. The molecule has 1 aromatic carbocycles. The van der Waals surface area contributed by atoms with Gasteiger partial charge in [0.1, 0.15) is 12.3 Å². The maximum atomic E-state index is 12.3. The van der Waals surface area contributed by atoms with E-state index in [2.05, 4.69) is 5.32 Å². The first-order valence-corrected chi connectivity index (χ1v) is 9.54. The molecular formula is C15H19N3O5S2. The molecule has 25 heavy (non-hydrogen) atoms. The maximum Gasteiger partial charge on any atom is 0.307 e. The number of nitrogens with zero attached hydrogens (tertiary/aromatic N) is 2. The van der Waals surface area contributed by atoms with E-state index in [-0.39, 0.29) is 22.0 Å². The molecule has 1 N–H and O–H groups in total. The van der Waals surface area contributed by atoms with Crippen molar-refractivity contribution in [3.05, 3.63) is 38.9 Å². The number of rotatable bonds is 6. The monoisotopic (exact) mass is 385 g/mol. The van der Waals surface area contributed by atoms with Gasteiger partial charge in [-0.25, -0.2) is 12.7 Å². The summed E-state index contributed by atoms with van der Waals surface area (Å²) in [5.74, 6) is -0.137. The Balaban J connectivity index is 2.31. The Morgan fingerprint density at radius 2 is 2.04 bits per heavy atom. The van der Waals surface area contributed by atoms with Crippen LogP contribution < -0.4 is 14.9 Å². The fraction of sp³-hybridized carbons (Fsp3) is 0.333. The van der Waals surface area contributed by atoms with Crippen LogP contribution in [0.1, 0.15) is 5.69 Å². The predicted molar refractivity (Wildman–Crippen MR) is 95.8 cm³/mol. The van der Waals surface area contributed by atoms with E-state index in [1.807, 2.05) is 0 Å². The second-order valence-electron chi connectivity index (χ2n) is 5.43. The summed E-state index contributed by atoms with van der Waals surface area (Å²) in [6.07, 6.45) is 0. The van der Waals surface area contributed by atoms with Gasteiger partial charge in [-0.05, 0) is 25.1 Å². The average molecular weight is 385 g/mol. The van der Waals surface area contributed by atoms with Gasteiger partial charge >= 0.3 is 4.87 Å². The highest BCUT2D eigenvalue weighted by Crippen LogP contribution is 2.28. The zero-order chi connectivity index (χ0) is 18.8. The number of aromatic nitrogens is 1. The van der Waals surface area contributed by atoms with Gasteiger partial charge in [-0.1, -0.05) is 11.3 Å². The van der Waals surface area contributed by atoms with Crippen LogP contribution in [0.15, 0.2) is 33.3 Å². The first kappa shape index (κ1) is 19.2. The van der Waals surface area contributed by atoms with Gasteiger partial charge in [-0.15, -0.1) is 0 Å². The number of nitrogens with one attached hydrogen (secondary N) is 1. The highest BCUT2D eigenvalue weighted by molar-refractivity contribution is 7.89. The molecule has 1 aromatic heterocycles. The molecule has 8 nitrogen and oxygen atoms in total. The number of carbonyl (C=O) groups excluding carboxylic acids is 1. The molecule has 0 aliphatic rings. The normalized spacial score (nSPS) is 11.6. The number of benzene rings is 1. The number of ether oxygens (including phenoxy) is 1. The lowest BCUT2D eigenvalue weighted by atomic mass is 10.3. The molecule has 0 aliphatic carbocycles. The van der Waals surface area contributed by atoms with Crippen LogP contribution in [0.5, 0.6) is 5.75 Å². The number of hydrogen-bond acceptors (Lipinski definition) is 6. The molecule has 10 heteroatoms. The molecule has 0 saturated heterocycles. The lowest BCUT2D eigenvalue weighted by Crippen LogP contribution is -2.26. The number of sulfonamides is 1. The van der Waals surface area contributed by atoms with Crippen LogP contribution in [0.3, 0.4) is 0 Å². The van der Waals surface area contributed by atoms with Crippen molar-refractivity contribution in [2.75, 3.05) is 26.5 Å². The molecule has 0 spiro atoms. The fourth-order valence-electron chi connectivity index (χ4n) is 2.09. The van der Waals surface area contributed by atoms with Gasteiger partial charge in [-0.2, -0.15) is 0 Å². The van der Waals surface area contributed by atoms with E-state index in [9.17, 15) is 18.0 Å². The van der Waals surface area contributed by atoms with Gasteiger partial charge in [0.25, 0.3) is 0 Å². The molecule has 0 fully saturated rings. The highest BCUT2D eigenvalue weighted by atomic mass is 32.2. The summed E-state index contributed by atoms with van der Waals surface area (Å²) < 4.78 is 32.1. The number of anilines is 1. The topological polar surface area (TPSA) is 97.7 Å². The Kier molecular flexibility index (Phi) is 5.65. The Bertz CT molecular complexity index is 944. The number of hydrogen-bond donors (Lipinski definition) is 1. The van der Waals surface area contributed by atoms with Crippen LogP contribution in [0, 0.1) is 6.92 Å². The molecule has 2 rings (SSSR count). The lowest BCUT2D eigenvalue weighted by molar-refractivity contribution is -0.116. The third-order valence-corrected chi connectivity index (χ3v) is 6.19. The number of aryl methyl sites for hydroxylation is 1. The standard InChI is InChI=1S/C15H19N3O5S2/c1-10-9-24-15(20)18(10)8-14(19)16-12-7-11(5-6-13(12)23-4)25(21,22)17(2)3/h5-7,9H,8H2,1-4H3,(H,16,19). The summed E-state index contributed by atoms with van der Waals surface area (Å²) in [4.78, 5) is 23.8. The first-order valence-electron chi connectivity index (χ1n) is 7.22. The van der Waals surface area contributed by atoms with Gasteiger partial charge in [-0.3, -0.25) is 14.2 Å². The summed E-state index contributed by atoms with van der Waals surface area (Å²) in [5.41, 5.74) is 0.900. The Morgan fingerprint density at radius 3 is 2.56 bits per heavy atom. The summed E-state index contributed by atoms with van der Waals surface area (Å²) in [6, 6.07) is 4.20. The minimum atomic E-state index is -3.65. The first-order chi connectivity index (χ1) is 11.7. The number of methoxy groups -OCH3 is 1. The van der Waals surface area contributed by atoms with Crippen LogP contribution in [-0.4, -0.2) is 44.4 Å². The molecule has 1 amide bonds. The molecule has 0 aliphatic heterocycles. The van der Waals surface area contributed by atoms with Crippen molar-refractivity contribution in [2.24, 2.45) is 0 Å². The Morgan fingerprint density at radius 1 is 1.36 bits per heavy atom. The average Bonchev–Trinajstić information content (AvgIpc) is 2.86. The van der Waals surface area contributed by atoms with E-state index in [1.54, 1.807) is 12.3 Å². The highest BCUT2D eigenvalue weighted by Gasteiger charge is 2.20. The maximum absolute atomic E-state index is 12.3. The third-order valence-electron chi connectivity index (χ3n) is 3.50. The minimum absolute atomic E-state index is 0.0254. The zero-order valence-electron chi connectivity index (χ0n) is 14.3. The van der Waals surface area contributed by atoms with Crippen molar-refractivity contribution in [3.63, 3.8) is 0 Å². The van der Waals surface area contributed by atoms with Crippen molar-refractivity contribution < 1.29 is 17.9 Å². The van der Waals surface area contributed by atoms with Gasteiger partial charge in [0, 0.05) is 25.2 Å². The van der Waals surface area contributed by atoms with Crippen molar-refractivity contribution in [2.45, 2.75) is 18.4 Å².